The van der Waals surface area contributed by atoms with E-state index in [0.717, 1.165) is 0 Å². The zero-order valence-corrected chi connectivity index (χ0v) is 15.2. The summed E-state index contributed by atoms with van der Waals surface area (Å²) >= 11 is 0. The van der Waals surface area contributed by atoms with Gasteiger partial charge in [-0.15, -0.1) is 0 Å². The summed E-state index contributed by atoms with van der Waals surface area (Å²) < 4.78 is 13.1. The molecule has 1 amide bonds. The van der Waals surface area contributed by atoms with Crippen LogP contribution in [0.2, 0.25) is 0 Å². The topological polar surface area (TPSA) is 78.1 Å². The van der Waals surface area contributed by atoms with Crippen LogP contribution < -0.4 is 10.9 Å². The number of para-hydroxylation sites is 1. The highest BCUT2D eigenvalue weighted by Crippen LogP contribution is 2.18. The first-order valence-corrected chi connectivity index (χ1v) is 8.63. The van der Waals surface area contributed by atoms with Gasteiger partial charge in [-0.1, -0.05) is 24.3 Å². The van der Waals surface area contributed by atoms with Gasteiger partial charge in [-0.2, -0.15) is 0 Å². The Labute approximate surface area is 156 Å². The second-order valence-electron chi connectivity index (χ2n) is 6.49. The number of halogens is 1. The van der Waals surface area contributed by atoms with Crippen molar-refractivity contribution >= 4 is 16.8 Å². The molecule has 0 saturated carbocycles. The zero-order chi connectivity index (χ0) is 19.4. The number of aromatic nitrogens is 2. The van der Waals surface area contributed by atoms with Crippen LogP contribution in [0.1, 0.15) is 17.4 Å². The van der Waals surface area contributed by atoms with Crippen molar-refractivity contribution in [1.82, 2.24) is 20.2 Å². The van der Waals surface area contributed by atoms with Crippen LogP contribution in [0.5, 0.6) is 0 Å². The number of carbonyl (C=O) groups excluding carboxylic acids is 1. The van der Waals surface area contributed by atoms with E-state index >= 15 is 0 Å². The van der Waals surface area contributed by atoms with Gasteiger partial charge in [0.1, 0.15) is 17.7 Å². The van der Waals surface area contributed by atoms with Crippen LogP contribution in [0.25, 0.3) is 10.9 Å². The number of H-pyrrole nitrogens is 1. The van der Waals surface area contributed by atoms with Crippen molar-refractivity contribution in [2.75, 3.05) is 20.6 Å². The van der Waals surface area contributed by atoms with Crippen LogP contribution in [0.15, 0.2) is 53.3 Å². The van der Waals surface area contributed by atoms with Gasteiger partial charge < -0.3 is 10.3 Å². The average molecular weight is 368 g/mol. The molecule has 2 N–H and O–H groups in total. The van der Waals surface area contributed by atoms with Crippen LogP contribution in [0, 0.1) is 5.82 Å². The summed E-state index contributed by atoms with van der Waals surface area (Å²) in [6.45, 7) is 0.325. The highest BCUT2D eigenvalue weighted by Gasteiger charge is 2.22. The Morgan fingerprint density at radius 3 is 2.59 bits per heavy atom. The van der Waals surface area contributed by atoms with Gasteiger partial charge >= 0.3 is 0 Å². The van der Waals surface area contributed by atoms with Crippen molar-refractivity contribution in [3.8, 4) is 0 Å². The molecule has 0 spiro atoms. The van der Waals surface area contributed by atoms with Gasteiger partial charge in [0.15, 0.2) is 0 Å². The first-order valence-electron chi connectivity index (χ1n) is 8.63. The molecular formula is C20H21FN4O2. The van der Waals surface area contributed by atoms with Crippen LogP contribution in [0.4, 0.5) is 4.39 Å². The molecule has 1 atom stereocenters. The molecule has 1 heterocycles. The fourth-order valence-electron chi connectivity index (χ4n) is 2.98. The molecule has 1 aromatic heterocycles. The summed E-state index contributed by atoms with van der Waals surface area (Å²) in [7, 11) is 3.58. The number of nitrogens with one attached hydrogen (secondary N) is 2. The SMILES string of the molecule is CN(C)C(C(=O)NCCc1nc2ccccc2c(=O)[nH]1)c1ccc(F)cc1. The number of aromatic amines is 1. The van der Waals surface area contributed by atoms with E-state index in [-0.39, 0.29) is 17.3 Å². The van der Waals surface area contributed by atoms with E-state index in [0.29, 0.717) is 35.3 Å². The molecule has 3 rings (SSSR count). The van der Waals surface area contributed by atoms with Crippen molar-refractivity contribution in [3.63, 3.8) is 0 Å². The minimum Gasteiger partial charge on any atom is -0.354 e. The van der Waals surface area contributed by atoms with Crippen molar-refractivity contribution in [3.05, 3.63) is 76.1 Å². The summed E-state index contributed by atoms with van der Waals surface area (Å²) in [5.74, 6) is -0.0278. The molecule has 0 aliphatic rings. The molecule has 0 bridgehead atoms. The number of nitrogens with zero attached hydrogens (tertiary/aromatic N) is 2. The van der Waals surface area contributed by atoms with Crippen LogP contribution in [-0.4, -0.2) is 41.4 Å². The molecule has 0 saturated heterocycles. The Balaban J connectivity index is 1.67. The van der Waals surface area contributed by atoms with E-state index < -0.39 is 6.04 Å². The molecule has 7 heteroatoms. The second kappa shape index (κ2) is 8.09. The first-order chi connectivity index (χ1) is 13.0. The lowest BCUT2D eigenvalue weighted by Crippen LogP contribution is -2.38. The van der Waals surface area contributed by atoms with Crippen molar-refractivity contribution in [1.29, 1.82) is 0 Å². The summed E-state index contributed by atoms with van der Waals surface area (Å²) in [5.41, 5.74) is 1.13. The number of benzene rings is 2. The van der Waals surface area contributed by atoms with E-state index in [9.17, 15) is 14.0 Å². The number of likely N-dealkylation sites (N-methyl/N-ethyl adjacent to an activating group) is 1. The maximum atomic E-state index is 13.1. The Bertz CT molecular complexity index is 999. The molecule has 27 heavy (non-hydrogen) atoms. The van der Waals surface area contributed by atoms with Crippen LogP contribution >= 0.6 is 0 Å². The molecule has 3 aromatic rings. The minimum absolute atomic E-state index is 0.195. The fourth-order valence-corrected chi connectivity index (χ4v) is 2.98. The van der Waals surface area contributed by atoms with E-state index in [1.165, 1.54) is 12.1 Å². The van der Waals surface area contributed by atoms with Crippen molar-refractivity contribution < 1.29 is 9.18 Å². The zero-order valence-electron chi connectivity index (χ0n) is 15.2. The highest BCUT2D eigenvalue weighted by atomic mass is 19.1. The third-order valence-electron chi connectivity index (χ3n) is 4.27. The van der Waals surface area contributed by atoms with Gasteiger partial charge in [0.05, 0.1) is 10.9 Å². The number of amides is 1. The maximum Gasteiger partial charge on any atom is 0.258 e. The largest absolute Gasteiger partial charge is 0.354 e. The monoisotopic (exact) mass is 368 g/mol. The predicted molar refractivity (Wildman–Crippen MR) is 102 cm³/mol. The van der Waals surface area contributed by atoms with Gasteiger partial charge in [-0.3, -0.25) is 14.5 Å². The van der Waals surface area contributed by atoms with E-state index in [1.807, 2.05) is 6.07 Å². The highest BCUT2D eigenvalue weighted by molar-refractivity contribution is 5.83. The average Bonchev–Trinajstić information content (AvgIpc) is 2.63. The lowest BCUT2D eigenvalue weighted by atomic mass is 10.1. The number of hydrogen-bond acceptors (Lipinski definition) is 4. The lowest BCUT2D eigenvalue weighted by Gasteiger charge is -2.23. The smallest absolute Gasteiger partial charge is 0.258 e. The molecule has 0 fully saturated rings. The van der Waals surface area contributed by atoms with Gasteiger partial charge in [0.25, 0.3) is 5.56 Å². The van der Waals surface area contributed by atoms with Gasteiger partial charge in [-0.25, -0.2) is 9.37 Å². The molecule has 0 aliphatic heterocycles. The standard InChI is InChI=1S/C20H21FN4O2/c1-25(2)18(13-7-9-14(21)10-8-13)20(27)22-12-11-17-23-16-6-4-3-5-15(16)19(26)24-17/h3-10,18H,11-12H2,1-2H3,(H,22,27)(H,23,24,26). The lowest BCUT2D eigenvalue weighted by molar-refractivity contribution is -0.125. The third kappa shape index (κ3) is 4.38. The normalized spacial score (nSPS) is 12.3. The molecule has 140 valence electrons. The summed E-state index contributed by atoms with van der Waals surface area (Å²) in [6.07, 6.45) is 0.398. The van der Waals surface area contributed by atoms with E-state index in [1.54, 1.807) is 49.3 Å². The number of hydrogen-bond donors (Lipinski definition) is 2. The second-order valence-corrected chi connectivity index (χ2v) is 6.49. The van der Waals surface area contributed by atoms with Gasteiger partial charge in [-0.05, 0) is 43.9 Å². The number of rotatable bonds is 6. The van der Waals surface area contributed by atoms with E-state index in [4.69, 9.17) is 0 Å². The van der Waals surface area contributed by atoms with Crippen molar-refractivity contribution in [2.45, 2.75) is 12.5 Å². The molecule has 2 aromatic carbocycles. The summed E-state index contributed by atoms with van der Waals surface area (Å²) in [4.78, 5) is 33.6. The molecule has 6 nitrogen and oxygen atoms in total. The molecular weight excluding hydrogens is 347 g/mol. The maximum absolute atomic E-state index is 13.1. The quantitative estimate of drug-likeness (QED) is 0.698. The Kier molecular flexibility index (Phi) is 5.61. The summed E-state index contributed by atoms with van der Waals surface area (Å²) in [5, 5.41) is 3.39. The molecule has 0 aliphatic carbocycles. The molecule has 0 radical (unpaired) electrons. The minimum atomic E-state index is -0.533. The Morgan fingerprint density at radius 2 is 1.89 bits per heavy atom. The molecule has 1 unspecified atom stereocenters. The Hall–Kier alpha value is -3.06. The van der Waals surface area contributed by atoms with Crippen molar-refractivity contribution in [2.24, 2.45) is 0 Å². The Morgan fingerprint density at radius 1 is 1.19 bits per heavy atom. The van der Waals surface area contributed by atoms with Crippen LogP contribution in [0.3, 0.4) is 0 Å². The number of carbonyl (C=O) groups is 1. The fraction of sp³-hybridized carbons (Fsp3) is 0.250. The third-order valence-corrected chi connectivity index (χ3v) is 4.27. The summed E-state index contributed by atoms with van der Waals surface area (Å²) in [6, 6.07) is 12.4. The number of fused-ring (bicyclic) bond motifs is 1. The van der Waals surface area contributed by atoms with Gasteiger partial charge in [0, 0.05) is 13.0 Å². The van der Waals surface area contributed by atoms with Crippen LogP contribution in [-0.2, 0) is 11.2 Å². The first kappa shape index (κ1) is 18.7. The predicted octanol–water partition coefficient (Wildman–Crippen LogP) is 2.02. The van der Waals surface area contributed by atoms with E-state index in [2.05, 4.69) is 15.3 Å². The van der Waals surface area contributed by atoms with Gasteiger partial charge in [0.2, 0.25) is 5.91 Å².